The molecule has 1 nitrogen and oxygen atoms in total. The first-order valence-electron chi connectivity index (χ1n) is 4.47. The lowest BCUT2D eigenvalue weighted by atomic mass is 10.1. The molecule has 3 heteroatoms. The Hall–Kier alpha value is -0.300. The van der Waals surface area contributed by atoms with Crippen LogP contribution in [0.4, 0.5) is 0 Å². The Kier molecular flexibility index (Phi) is 4.39. The van der Waals surface area contributed by atoms with Gasteiger partial charge in [-0.1, -0.05) is 43.7 Å². The molecule has 0 unspecified atom stereocenters. The minimum atomic E-state index is -0.408. The van der Waals surface area contributed by atoms with Crippen molar-refractivity contribution in [3.63, 3.8) is 0 Å². The van der Waals surface area contributed by atoms with E-state index in [0.717, 1.165) is 14.5 Å². The largest absolute Gasteiger partial charge is 0.366 e. The van der Waals surface area contributed by atoms with Gasteiger partial charge in [0.25, 0.3) is 0 Å². The van der Waals surface area contributed by atoms with Gasteiger partial charge in [0.2, 0.25) is 0 Å². The van der Waals surface area contributed by atoms with E-state index in [1.165, 1.54) is 0 Å². The van der Waals surface area contributed by atoms with Gasteiger partial charge >= 0.3 is 0 Å². The maximum Gasteiger partial charge on any atom is 0.123 e. The van der Waals surface area contributed by atoms with Crippen LogP contribution in [0, 0.1) is 11.8 Å². The lowest BCUT2D eigenvalue weighted by molar-refractivity contribution is 0.0742. The molecule has 0 heterocycles. The highest BCUT2D eigenvalue weighted by molar-refractivity contribution is 9.11. The van der Waals surface area contributed by atoms with E-state index in [-0.39, 0.29) is 0 Å². The third-order valence-electron chi connectivity index (χ3n) is 1.88. The van der Waals surface area contributed by atoms with Crippen molar-refractivity contribution in [3.8, 4) is 11.8 Å². The second-order valence-corrected chi connectivity index (χ2v) is 5.45. The van der Waals surface area contributed by atoms with Crippen molar-refractivity contribution in [2.24, 2.45) is 0 Å². The van der Waals surface area contributed by atoms with Gasteiger partial charge < -0.3 is 4.74 Å². The number of benzene rings is 1. The Bertz CT molecular complexity index is 393. The second-order valence-electron chi connectivity index (χ2n) is 3.62. The van der Waals surface area contributed by atoms with Crippen molar-refractivity contribution in [3.05, 3.63) is 32.7 Å². The standard InChI is InChI=1S/C12H12Br2O/c1-12(2,15-3)5-4-9-6-10(13)8-11(14)7-9/h6-8H,1-3H3. The lowest BCUT2D eigenvalue weighted by Crippen LogP contribution is -2.19. The SMILES string of the molecule is COC(C)(C)C#Cc1cc(Br)cc(Br)c1. The summed E-state index contributed by atoms with van der Waals surface area (Å²) in [4.78, 5) is 0. The van der Waals surface area contributed by atoms with E-state index in [1.54, 1.807) is 7.11 Å². The zero-order valence-electron chi connectivity index (χ0n) is 8.90. The number of hydrogen-bond donors (Lipinski definition) is 0. The summed E-state index contributed by atoms with van der Waals surface area (Å²) in [5, 5.41) is 0. The zero-order chi connectivity index (χ0) is 11.5. The lowest BCUT2D eigenvalue weighted by Gasteiger charge is -2.14. The Labute approximate surface area is 107 Å². The average molecular weight is 332 g/mol. The van der Waals surface area contributed by atoms with E-state index in [1.807, 2.05) is 32.0 Å². The monoisotopic (exact) mass is 330 g/mol. The van der Waals surface area contributed by atoms with Crippen LogP contribution in [-0.2, 0) is 4.74 Å². The van der Waals surface area contributed by atoms with E-state index in [4.69, 9.17) is 4.74 Å². The zero-order valence-corrected chi connectivity index (χ0v) is 12.1. The van der Waals surface area contributed by atoms with Gasteiger partial charge in [-0.3, -0.25) is 0 Å². The van der Waals surface area contributed by atoms with Gasteiger partial charge in [-0.05, 0) is 32.0 Å². The summed E-state index contributed by atoms with van der Waals surface area (Å²) in [5.41, 5.74) is 0.552. The van der Waals surface area contributed by atoms with Gasteiger partial charge in [0, 0.05) is 21.6 Å². The summed E-state index contributed by atoms with van der Waals surface area (Å²) in [6.07, 6.45) is 0. The van der Waals surface area contributed by atoms with Crippen LogP contribution < -0.4 is 0 Å². The molecule has 80 valence electrons. The van der Waals surface area contributed by atoms with Gasteiger partial charge in [0.1, 0.15) is 5.60 Å². The highest BCUT2D eigenvalue weighted by Gasteiger charge is 2.10. The van der Waals surface area contributed by atoms with E-state index in [9.17, 15) is 0 Å². The van der Waals surface area contributed by atoms with Gasteiger partial charge in [-0.2, -0.15) is 0 Å². The van der Waals surface area contributed by atoms with E-state index in [0.29, 0.717) is 0 Å². The molecule has 1 aromatic rings. The topological polar surface area (TPSA) is 9.23 Å². The number of rotatable bonds is 1. The molecule has 0 bridgehead atoms. The third kappa shape index (κ3) is 4.38. The third-order valence-corrected chi connectivity index (χ3v) is 2.80. The molecule has 1 aromatic carbocycles. The molecule has 0 saturated heterocycles. The number of halogens is 2. The van der Waals surface area contributed by atoms with Crippen LogP contribution >= 0.6 is 31.9 Å². The number of methoxy groups -OCH3 is 1. The first kappa shape index (κ1) is 12.8. The molecule has 0 radical (unpaired) electrons. The van der Waals surface area contributed by atoms with Gasteiger partial charge in [0.05, 0.1) is 0 Å². The molecular weight excluding hydrogens is 320 g/mol. The molecule has 0 N–H and O–H groups in total. The molecule has 0 saturated carbocycles. The fourth-order valence-corrected chi connectivity index (χ4v) is 2.19. The summed E-state index contributed by atoms with van der Waals surface area (Å²) < 4.78 is 7.24. The van der Waals surface area contributed by atoms with Crippen molar-refractivity contribution in [2.45, 2.75) is 19.4 Å². The normalized spacial score (nSPS) is 10.7. The summed E-state index contributed by atoms with van der Waals surface area (Å²) in [6.45, 7) is 3.88. The quantitative estimate of drug-likeness (QED) is 0.707. The van der Waals surface area contributed by atoms with Crippen molar-refractivity contribution < 1.29 is 4.74 Å². The Balaban J connectivity index is 2.99. The molecule has 0 aliphatic rings. The predicted octanol–water partition coefficient (Wildman–Crippen LogP) is 3.99. The summed E-state index contributed by atoms with van der Waals surface area (Å²) in [5.74, 6) is 6.15. The van der Waals surface area contributed by atoms with Gasteiger partial charge in [0.15, 0.2) is 0 Å². The molecule has 0 aliphatic carbocycles. The predicted molar refractivity (Wildman–Crippen MR) is 69.8 cm³/mol. The molecule has 0 amide bonds. The fraction of sp³-hybridized carbons (Fsp3) is 0.333. The molecule has 15 heavy (non-hydrogen) atoms. The van der Waals surface area contributed by atoms with E-state index < -0.39 is 5.60 Å². The van der Waals surface area contributed by atoms with Gasteiger partial charge in [-0.25, -0.2) is 0 Å². The van der Waals surface area contributed by atoms with E-state index >= 15 is 0 Å². The molecule has 0 fully saturated rings. The van der Waals surface area contributed by atoms with Crippen LogP contribution in [0.1, 0.15) is 19.4 Å². The Morgan fingerprint density at radius 2 is 1.67 bits per heavy atom. The van der Waals surface area contributed by atoms with Crippen molar-refractivity contribution in [1.82, 2.24) is 0 Å². The van der Waals surface area contributed by atoms with Gasteiger partial charge in [-0.15, -0.1) is 0 Å². The highest BCUT2D eigenvalue weighted by atomic mass is 79.9. The smallest absolute Gasteiger partial charge is 0.123 e. The summed E-state index contributed by atoms with van der Waals surface area (Å²) in [7, 11) is 1.66. The average Bonchev–Trinajstić information content (AvgIpc) is 2.14. The summed E-state index contributed by atoms with van der Waals surface area (Å²) in [6, 6.07) is 5.93. The maximum absolute atomic E-state index is 5.22. The number of ether oxygens (including phenoxy) is 1. The minimum absolute atomic E-state index is 0.408. The van der Waals surface area contributed by atoms with Crippen LogP contribution in [0.3, 0.4) is 0 Å². The Morgan fingerprint density at radius 3 is 2.13 bits per heavy atom. The highest BCUT2D eigenvalue weighted by Crippen LogP contribution is 2.19. The number of hydrogen-bond acceptors (Lipinski definition) is 1. The van der Waals surface area contributed by atoms with Crippen molar-refractivity contribution in [1.29, 1.82) is 0 Å². The fourth-order valence-electron chi connectivity index (χ4n) is 0.900. The molecule has 1 rings (SSSR count). The first-order valence-corrected chi connectivity index (χ1v) is 6.06. The van der Waals surface area contributed by atoms with Crippen LogP contribution in [0.5, 0.6) is 0 Å². The van der Waals surface area contributed by atoms with Crippen molar-refractivity contribution >= 4 is 31.9 Å². The molecule has 0 atom stereocenters. The van der Waals surface area contributed by atoms with Crippen LogP contribution in [0.15, 0.2) is 27.1 Å². The molecule has 0 spiro atoms. The summed E-state index contributed by atoms with van der Waals surface area (Å²) >= 11 is 6.84. The molecule has 0 aromatic heterocycles. The first-order chi connectivity index (χ1) is 6.93. The van der Waals surface area contributed by atoms with Crippen molar-refractivity contribution in [2.75, 3.05) is 7.11 Å². The van der Waals surface area contributed by atoms with Crippen LogP contribution in [0.25, 0.3) is 0 Å². The van der Waals surface area contributed by atoms with E-state index in [2.05, 4.69) is 43.7 Å². The minimum Gasteiger partial charge on any atom is -0.366 e. The van der Waals surface area contributed by atoms with Crippen LogP contribution in [-0.4, -0.2) is 12.7 Å². The molecule has 0 aliphatic heterocycles. The maximum atomic E-state index is 5.22. The second kappa shape index (κ2) is 5.16. The van der Waals surface area contributed by atoms with Crippen LogP contribution in [0.2, 0.25) is 0 Å². The Morgan fingerprint density at radius 1 is 1.13 bits per heavy atom. The molecular formula is C12H12Br2O.